The van der Waals surface area contributed by atoms with Crippen LogP contribution in [-0.2, 0) is 17.8 Å². The van der Waals surface area contributed by atoms with Gasteiger partial charge in [-0.25, -0.2) is 0 Å². The van der Waals surface area contributed by atoms with E-state index in [9.17, 15) is 4.79 Å². The van der Waals surface area contributed by atoms with Gasteiger partial charge in [0.05, 0.1) is 10.2 Å². The van der Waals surface area contributed by atoms with Crippen molar-refractivity contribution in [1.82, 2.24) is 4.57 Å². The summed E-state index contributed by atoms with van der Waals surface area (Å²) in [6.07, 6.45) is 0.880. The van der Waals surface area contributed by atoms with Gasteiger partial charge in [0.15, 0.2) is 4.80 Å². The molecule has 30 heavy (non-hydrogen) atoms. The van der Waals surface area contributed by atoms with Crippen LogP contribution in [0.25, 0.3) is 10.2 Å². The summed E-state index contributed by atoms with van der Waals surface area (Å²) in [4.78, 5) is 18.4. The largest absolute Gasteiger partial charge is 0.325 e. The Hall–Kier alpha value is -2.89. The second kappa shape index (κ2) is 10.2. The van der Waals surface area contributed by atoms with Crippen molar-refractivity contribution in [3.8, 4) is 0 Å². The van der Waals surface area contributed by atoms with Crippen LogP contribution in [0.3, 0.4) is 0 Å². The molecule has 0 atom stereocenters. The topological polar surface area (TPSA) is 46.4 Å². The molecule has 4 rings (SSSR count). The van der Waals surface area contributed by atoms with Gasteiger partial charge in [0.2, 0.25) is 5.91 Å². The number of carbonyl (C=O) groups excluding carboxylic acids is 1. The van der Waals surface area contributed by atoms with Crippen molar-refractivity contribution in [3.63, 3.8) is 0 Å². The molecule has 154 valence electrons. The van der Waals surface area contributed by atoms with Gasteiger partial charge in [0.1, 0.15) is 6.54 Å². The molecule has 4 aromatic rings. The third-order valence-corrected chi connectivity index (χ3v) is 5.81. The lowest BCUT2D eigenvalue weighted by Crippen LogP contribution is -2.25. The number of aryl methyl sites for hydroxylation is 1. The van der Waals surface area contributed by atoms with Gasteiger partial charge >= 0.3 is 0 Å². The van der Waals surface area contributed by atoms with Crippen molar-refractivity contribution in [2.45, 2.75) is 19.9 Å². The predicted molar refractivity (Wildman–Crippen MR) is 127 cm³/mol. The van der Waals surface area contributed by atoms with Crippen LogP contribution in [0.4, 0.5) is 5.69 Å². The fraction of sp³-hybridized carbons (Fsp3) is 0.167. The molecular formula is C24H24ClN3OS. The van der Waals surface area contributed by atoms with E-state index < -0.39 is 0 Å². The number of fused-ring (bicyclic) bond motifs is 1. The van der Waals surface area contributed by atoms with Crippen molar-refractivity contribution in [2.75, 3.05) is 11.9 Å². The van der Waals surface area contributed by atoms with E-state index in [0.29, 0.717) is 6.54 Å². The van der Waals surface area contributed by atoms with Crippen LogP contribution in [-0.4, -0.2) is 17.0 Å². The van der Waals surface area contributed by atoms with Crippen molar-refractivity contribution in [1.29, 1.82) is 0 Å². The molecule has 0 aliphatic carbocycles. The van der Waals surface area contributed by atoms with Crippen LogP contribution in [0, 0.1) is 6.92 Å². The molecule has 0 fully saturated rings. The number of rotatable bonds is 6. The molecule has 0 aliphatic heterocycles. The first-order valence-corrected chi connectivity index (χ1v) is 10.5. The van der Waals surface area contributed by atoms with Crippen molar-refractivity contribution < 1.29 is 4.79 Å². The molecule has 0 saturated carbocycles. The van der Waals surface area contributed by atoms with Gasteiger partial charge in [-0.2, -0.15) is 0 Å². The fourth-order valence-corrected chi connectivity index (χ4v) is 4.25. The minimum atomic E-state index is -0.0538. The maximum Gasteiger partial charge on any atom is 0.244 e. The van der Waals surface area contributed by atoms with Crippen molar-refractivity contribution >= 4 is 45.6 Å². The molecule has 1 N–H and O–H groups in total. The molecule has 0 radical (unpaired) electrons. The Kier molecular flexibility index (Phi) is 7.44. The van der Waals surface area contributed by atoms with E-state index in [2.05, 4.69) is 23.5 Å². The number of amides is 1. The highest BCUT2D eigenvalue weighted by Crippen LogP contribution is 2.17. The summed E-state index contributed by atoms with van der Waals surface area (Å²) in [6, 6.07) is 26.3. The average molecular weight is 438 g/mol. The van der Waals surface area contributed by atoms with E-state index in [4.69, 9.17) is 4.99 Å². The monoisotopic (exact) mass is 437 g/mol. The minimum absolute atomic E-state index is 0. The normalized spacial score (nSPS) is 11.3. The Morgan fingerprint density at radius 3 is 2.43 bits per heavy atom. The smallest absolute Gasteiger partial charge is 0.244 e. The Morgan fingerprint density at radius 1 is 0.967 bits per heavy atom. The Labute approximate surface area is 186 Å². The summed E-state index contributed by atoms with van der Waals surface area (Å²) in [5.41, 5.74) is 4.28. The van der Waals surface area contributed by atoms with Crippen molar-refractivity contribution in [3.05, 3.63) is 94.8 Å². The lowest BCUT2D eigenvalue weighted by molar-refractivity contribution is -0.116. The first kappa shape index (κ1) is 21.8. The molecule has 1 heterocycles. The first-order chi connectivity index (χ1) is 14.2. The third kappa shape index (κ3) is 5.38. The van der Waals surface area contributed by atoms with Crippen LogP contribution in [0.15, 0.2) is 83.9 Å². The van der Waals surface area contributed by atoms with Crippen LogP contribution in [0.1, 0.15) is 11.1 Å². The molecule has 4 nitrogen and oxygen atoms in total. The summed E-state index contributed by atoms with van der Waals surface area (Å²) in [5.74, 6) is -0.0538. The standard InChI is InChI=1S/C24H23N3OS.ClH/c1-18-11-13-20(14-12-18)26-23(28)17-27-21-9-5-6-10-22(21)29-24(27)25-16-15-19-7-3-2-4-8-19;/h2-14H,15-17H2,1H3,(H,26,28);1H. The minimum Gasteiger partial charge on any atom is -0.325 e. The number of thiazole rings is 1. The van der Waals surface area contributed by atoms with Crippen molar-refractivity contribution in [2.24, 2.45) is 4.99 Å². The Bertz CT molecular complexity index is 1180. The van der Waals surface area contributed by atoms with Gasteiger partial charge in [0.25, 0.3) is 0 Å². The molecule has 1 aromatic heterocycles. The molecule has 0 bridgehead atoms. The van der Waals surface area contributed by atoms with Gasteiger partial charge in [-0.3, -0.25) is 9.79 Å². The Morgan fingerprint density at radius 2 is 1.67 bits per heavy atom. The first-order valence-electron chi connectivity index (χ1n) is 9.68. The van der Waals surface area contributed by atoms with E-state index in [1.165, 1.54) is 11.1 Å². The van der Waals surface area contributed by atoms with Gasteiger partial charge in [-0.15, -0.1) is 12.4 Å². The zero-order valence-corrected chi connectivity index (χ0v) is 18.4. The maximum atomic E-state index is 12.7. The van der Waals surface area contributed by atoms with E-state index in [1.807, 2.05) is 72.2 Å². The third-order valence-electron chi connectivity index (χ3n) is 4.72. The summed E-state index contributed by atoms with van der Waals surface area (Å²) >= 11 is 1.63. The predicted octanol–water partition coefficient (Wildman–Crippen LogP) is 5.22. The van der Waals surface area contributed by atoms with E-state index in [-0.39, 0.29) is 24.9 Å². The number of aromatic nitrogens is 1. The highest BCUT2D eigenvalue weighted by molar-refractivity contribution is 7.16. The summed E-state index contributed by atoms with van der Waals surface area (Å²) in [7, 11) is 0. The molecule has 0 saturated heterocycles. The molecule has 0 unspecified atom stereocenters. The SMILES string of the molecule is Cc1ccc(NC(=O)Cn2c(=NCCc3ccccc3)sc3ccccc32)cc1.Cl. The quantitative estimate of drug-likeness (QED) is 0.442. The van der Waals surface area contributed by atoms with Gasteiger partial charge < -0.3 is 9.88 Å². The Balaban J connectivity index is 0.00000256. The lowest BCUT2D eigenvalue weighted by atomic mass is 10.2. The summed E-state index contributed by atoms with van der Waals surface area (Å²) in [5, 5.41) is 2.98. The van der Waals surface area contributed by atoms with E-state index in [0.717, 1.165) is 27.1 Å². The summed E-state index contributed by atoms with van der Waals surface area (Å²) < 4.78 is 3.14. The van der Waals surface area contributed by atoms with Gasteiger partial charge in [-0.05, 0) is 43.2 Å². The zero-order chi connectivity index (χ0) is 20.1. The van der Waals surface area contributed by atoms with Crippen LogP contribution < -0.4 is 10.1 Å². The second-order valence-electron chi connectivity index (χ2n) is 6.97. The lowest BCUT2D eigenvalue weighted by Gasteiger charge is -2.08. The molecule has 6 heteroatoms. The zero-order valence-electron chi connectivity index (χ0n) is 16.7. The number of carbonyl (C=O) groups is 1. The molecule has 1 amide bonds. The van der Waals surface area contributed by atoms with E-state index in [1.54, 1.807) is 11.3 Å². The second-order valence-corrected chi connectivity index (χ2v) is 7.98. The molecule has 3 aromatic carbocycles. The number of nitrogens with one attached hydrogen (secondary N) is 1. The number of para-hydroxylation sites is 1. The molecule has 0 aliphatic rings. The molecular weight excluding hydrogens is 414 g/mol. The number of hydrogen-bond donors (Lipinski definition) is 1. The maximum absolute atomic E-state index is 12.7. The number of benzene rings is 3. The van der Waals surface area contributed by atoms with Crippen LogP contribution in [0.2, 0.25) is 0 Å². The molecule has 0 spiro atoms. The fourth-order valence-electron chi connectivity index (χ4n) is 3.20. The van der Waals surface area contributed by atoms with Crippen LogP contribution in [0.5, 0.6) is 0 Å². The number of halogens is 1. The highest BCUT2D eigenvalue weighted by atomic mass is 35.5. The number of nitrogens with zero attached hydrogens (tertiary/aromatic N) is 2. The highest BCUT2D eigenvalue weighted by Gasteiger charge is 2.10. The van der Waals surface area contributed by atoms with Gasteiger partial charge in [-0.1, -0.05) is 71.5 Å². The average Bonchev–Trinajstić information content (AvgIpc) is 3.08. The number of hydrogen-bond acceptors (Lipinski definition) is 3. The summed E-state index contributed by atoms with van der Waals surface area (Å²) in [6.45, 7) is 2.96. The van der Waals surface area contributed by atoms with Crippen LogP contribution >= 0.6 is 23.7 Å². The van der Waals surface area contributed by atoms with E-state index >= 15 is 0 Å². The van der Waals surface area contributed by atoms with Gasteiger partial charge in [0, 0.05) is 12.2 Å². The number of anilines is 1.